The van der Waals surface area contributed by atoms with Gasteiger partial charge in [0.15, 0.2) is 0 Å². The molecule has 1 atom stereocenters. The minimum absolute atomic E-state index is 0.0525. The summed E-state index contributed by atoms with van der Waals surface area (Å²) in [5.74, 6) is 0.389. The molecule has 0 aliphatic heterocycles. The number of esters is 1. The Balaban J connectivity index is 2.71. The number of carbonyl (C=O) groups is 1. The fraction of sp³-hybridized carbons (Fsp3) is 0.941. The molecule has 0 bridgehead atoms. The molecule has 1 N–H and O–H groups in total. The molecule has 0 aromatic carbocycles. The van der Waals surface area contributed by atoms with Crippen molar-refractivity contribution in [1.82, 2.24) is 10.2 Å². The minimum Gasteiger partial charge on any atom is -0.465 e. The van der Waals surface area contributed by atoms with Gasteiger partial charge in [0.1, 0.15) is 5.54 Å². The summed E-state index contributed by atoms with van der Waals surface area (Å²) >= 11 is 0. The summed E-state index contributed by atoms with van der Waals surface area (Å²) in [7, 11) is 2.12. The topological polar surface area (TPSA) is 41.6 Å². The van der Waals surface area contributed by atoms with E-state index >= 15 is 0 Å². The van der Waals surface area contributed by atoms with Crippen LogP contribution >= 0.6 is 0 Å². The van der Waals surface area contributed by atoms with Crippen LogP contribution in [0.15, 0.2) is 0 Å². The van der Waals surface area contributed by atoms with E-state index in [1.165, 1.54) is 19.3 Å². The van der Waals surface area contributed by atoms with Crippen LogP contribution in [0.5, 0.6) is 0 Å². The molecule has 0 radical (unpaired) electrons. The molecule has 1 unspecified atom stereocenters. The maximum atomic E-state index is 12.6. The Morgan fingerprint density at radius 2 is 1.95 bits per heavy atom. The van der Waals surface area contributed by atoms with Crippen molar-refractivity contribution in [3.05, 3.63) is 0 Å². The van der Waals surface area contributed by atoms with Crippen LogP contribution in [0.4, 0.5) is 0 Å². The van der Waals surface area contributed by atoms with E-state index in [-0.39, 0.29) is 5.97 Å². The van der Waals surface area contributed by atoms with Gasteiger partial charge in [-0.2, -0.15) is 0 Å². The highest BCUT2D eigenvalue weighted by molar-refractivity contribution is 5.82. The lowest BCUT2D eigenvalue weighted by atomic mass is 9.91. The summed E-state index contributed by atoms with van der Waals surface area (Å²) < 4.78 is 5.40. The smallest absolute Gasteiger partial charge is 0.327 e. The molecule has 124 valence electrons. The van der Waals surface area contributed by atoms with Crippen LogP contribution in [-0.4, -0.2) is 49.7 Å². The SMILES string of the molecule is CCCCCN(C)CC(NCCC)(C(=O)OCC)C1CC1. The van der Waals surface area contributed by atoms with E-state index in [0.29, 0.717) is 12.5 Å². The van der Waals surface area contributed by atoms with Gasteiger partial charge in [0, 0.05) is 6.54 Å². The second-order valence-electron chi connectivity index (χ2n) is 6.34. The van der Waals surface area contributed by atoms with Gasteiger partial charge in [0.2, 0.25) is 0 Å². The Morgan fingerprint density at radius 1 is 1.24 bits per heavy atom. The molecule has 0 heterocycles. The maximum absolute atomic E-state index is 12.6. The zero-order valence-electron chi connectivity index (χ0n) is 14.4. The van der Waals surface area contributed by atoms with Gasteiger partial charge < -0.3 is 15.0 Å². The number of unbranched alkanes of at least 4 members (excludes halogenated alkanes) is 2. The molecule has 1 aliphatic rings. The van der Waals surface area contributed by atoms with Crippen molar-refractivity contribution in [3.8, 4) is 0 Å². The van der Waals surface area contributed by atoms with Gasteiger partial charge in [0.25, 0.3) is 0 Å². The number of ether oxygens (including phenoxy) is 1. The van der Waals surface area contributed by atoms with E-state index in [9.17, 15) is 4.79 Å². The van der Waals surface area contributed by atoms with Crippen LogP contribution in [0.1, 0.15) is 59.3 Å². The zero-order valence-corrected chi connectivity index (χ0v) is 14.4. The van der Waals surface area contributed by atoms with E-state index in [4.69, 9.17) is 4.74 Å². The van der Waals surface area contributed by atoms with Gasteiger partial charge in [-0.05, 0) is 58.7 Å². The fourth-order valence-electron chi connectivity index (χ4n) is 2.95. The summed E-state index contributed by atoms with van der Waals surface area (Å²) in [5, 5.41) is 3.53. The second-order valence-corrected chi connectivity index (χ2v) is 6.34. The van der Waals surface area contributed by atoms with Gasteiger partial charge in [-0.1, -0.05) is 26.7 Å². The number of nitrogens with one attached hydrogen (secondary N) is 1. The third-order valence-electron chi connectivity index (χ3n) is 4.27. The van der Waals surface area contributed by atoms with Gasteiger partial charge in [0.05, 0.1) is 6.61 Å². The first-order chi connectivity index (χ1) is 10.1. The second kappa shape index (κ2) is 9.42. The van der Waals surface area contributed by atoms with Crippen molar-refractivity contribution in [2.45, 2.75) is 64.8 Å². The fourth-order valence-corrected chi connectivity index (χ4v) is 2.95. The Bertz CT molecular complexity index is 305. The lowest BCUT2D eigenvalue weighted by molar-refractivity contribution is -0.153. The number of likely N-dealkylation sites (N-methyl/N-ethyl adjacent to an activating group) is 1. The molecular weight excluding hydrogens is 264 g/mol. The van der Waals surface area contributed by atoms with E-state index in [2.05, 4.69) is 31.1 Å². The first kappa shape index (κ1) is 18.4. The first-order valence-electron chi connectivity index (χ1n) is 8.71. The molecule has 21 heavy (non-hydrogen) atoms. The molecule has 0 saturated heterocycles. The highest BCUT2D eigenvalue weighted by atomic mass is 16.5. The Labute approximate surface area is 130 Å². The van der Waals surface area contributed by atoms with Gasteiger partial charge in [-0.25, -0.2) is 4.79 Å². The van der Waals surface area contributed by atoms with Crippen molar-refractivity contribution in [3.63, 3.8) is 0 Å². The Morgan fingerprint density at radius 3 is 2.48 bits per heavy atom. The molecule has 1 aliphatic carbocycles. The Hall–Kier alpha value is -0.610. The van der Waals surface area contributed by atoms with Gasteiger partial charge in [-0.15, -0.1) is 0 Å². The number of carbonyl (C=O) groups excluding carboxylic acids is 1. The maximum Gasteiger partial charge on any atom is 0.327 e. The summed E-state index contributed by atoms with van der Waals surface area (Å²) in [6, 6.07) is 0. The normalized spacial score (nSPS) is 17.8. The first-order valence-corrected chi connectivity index (χ1v) is 8.71. The van der Waals surface area contributed by atoms with Crippen molar-refractivity contribution >= 4 is 5.97 Å². The highest BCUT2D eigenvalue weighted by Crippen LogP contribution is 2.41. The Kier molecular flexibility index (Phi) is 8.27. The number of hydrogen-bond donors (Lipinski definition) is 1. The third kappa shape index (κ3) is 5.59. The van der Waals surface area contributed by atoms with Crippen LogP contribution in [0.2, 0.25) is 0 Å². The predicted molar refractivity (Wildman–Crippen MR) is 87.4 cm³/mol. The number of rotatable bonds is 12. The predicted octanol–water partition coefficient (Wildman–Crippen LogP) is 2.82. The van der Waals surface area contributed by atoms with Crippen LogP contribution in [-0.2, 0) is 9.53 Å². The van der Waals surface area contributed by atoms with E-state index in [1.54, 1.807) is 0 Å². The van der Waals surface area contributed by atoms with E-state index in [1.807, 2.05) is 6.92 Å². The quantitative estimate of drug-likeness (QED) is 0.444. The van der Waals surface area contributed by atoms with Crippen molar-refractivity contribution in [2.75, 3.05) is 33.3 Å². The van der Waals surface area contributed by atoms with Crippen molar-refractivity contribution in [1.29, 1.82) is 0 Å². The molecule has 0 spiro atoms. The molecule has 4 heteroatoms. The molecule has 1 saturated carbocycles. The standard InChI is InChI=1S/C17H34N2O2/c1-5-8-9-13-19(4)14-17(15-10-11-15,18-12-6-2)16(20)21-7-3/h15,18H,5-14H2,1-4H3. The molecule has 0 aromatic rings. The molecule has 4 nitrogen and oxygen atoms in total. The van der Waals surface area contributed by atoms with Gasteiger partial charge in [-0.3, -0.25) is 0 Å². The summed E-state index contributed by atoms with van der Waals surface area (Å²) in [4.78, 5) is 14.9. The average Bonchev–Trinajstić information content (AvgIpc) is 3.29. The largest absolute Gasteiger partial charge is 0.465 e. The highest BCUT2D eigenvalue weighted by Gasteiger charge is 2.52. The molecule has 0 aromatic heterocycles. The van der Waals surface area contributed by atoms with Gasteiger partial charge >= 0.3 is 5.97 Å². The lowest BCUT2D eigenvalue weighted by Crippen LogP contribution is -2.61. The lowest BCUT2D eigenvalue weighted by Gasteiger charge is -2.36. The van der Waals surface area contributed by atoms with Crippen LogP contribution in [0.3, 0.4) is 0 Å². The molecule has 1 fully saturated rings. The zero-order chi connectivity index (χ0) is 15.7. The van der Waals surface area contributed by atoms with Crippen molar-refractivity contribution in [2.24, 2.45) is 5.92 Å². The van der Waals surface area contributed by atoms with Crippen LogP contribution in [0.25, 0.3) is 0 Å². The monoisotopic (exact) mass is 298 g/mol. The molecule has 1 rings (SSSR count). The van der Waals surface area contributed by atoms with E-state index in [0.717, 1.165) is 38.9 Å². The van der Waals surface area contributed by atoms with Crippen LogP contribution in [0, 0.1) is 5.92 Å². The average molecular weight is 298 g/mol. The minimum atomic E-state index is -0.493. The summed E-state index contributed by atoms with van der Waals surface area (Å²) in [6.45, 7) is 9.39. The van der Waals surface area contributed by atoms with Crippen LogP contribution < -0.4 is 5.32 Å². The number of nitrogens with zero attached hydrogens (tertiary/aromatic N) is 1. The molecular formula is C17H34N2O2. The molecule has 0 amide bonds. The number of hydrogen-bond acceptors (Lipinski definition) is 4. The van der Waals surface area contributed by atoms with E-state index < -0.39 is 5.54 Å². The van der Waals surface area contributed by atoms with Crippen molar-refractivity contribution < 1.29 is 9.53 Å². The third-order valence-corrected chi connectivity index (χ3v) is 4.27. The summed E-state index contributed by atoms with van der Waals surface area (Å²) in [6.07, 6.45) is 6.99. The summed E-state index contributed by atoms with van der Waals surface area (Å²) in [5.41, 5.74) is -0.493.